The number of fused-ring (bicyclic) bond motifs is 1. The van der Waals surface area contributed by atoms with E-state index in [1.807, 2.05) is 18.3 Å². The van der Waals surface area contributed by atoms with Gasteiger partial charge in [0.1, 0.15) is 11.4 Å². The Morgan fingerprint density at radius 3 is 2.48 bits per heavy atom. The molecule has 2 aliphatic heterocycles. The fraction of sp³-hybridized carbons (Fsp3) is 0.368. The smallest absolute Gasteiger partial charge is 0.270 e. The summed E-state index contributed by atoms with van der Waals surface area (Å²) in [5.74, 6) is 1.58. The van der Waals surface area contributed by atoms with Crippen LogP contribution in [0.5, 0.6) is 11.5 Å². The van der Waals surface area contributed by atoms with Crippen molar-refractivity contribution in [2.45, 2.75) is 39.2 Å². The number of hydrogen-bond donors (Lipinski definition) is 1. The molecule has 5 aromatic rings. The van der Waals surface area contributed by atoms with E-state index in [9.17, 15) is 9.59 Å². The van der Waals surface area contributed by atoms with Gasteiger partial charge in [-0.3, -0.25) is 19.3 Å². The van der Waals surface area contributed by atoms with Crippen LogP contribution in [0.25, 0.3) is 27.6 Å². The third kappa shape index (κ3) is 6.80. The highest BCUT2D eigenvalue weighted by atomic mass is 19.1. The molecule has 52 heavy (non-hydrogen) atoms. The zero-order chi connectivity index (χ0) is 36.4. The molecule has 0 aliphatic carbocycles. The number of piperazine rings is 1. The van der Waals surface area contributed by atoms with E-state index in [0.29, 0.717) is 90.8 Å². The second-order valence-electron chi connectivity index (χ2n) is 13.3. The number of aryl methyl sites for hydroxylation is 1. The lowest BCUT2D eigenvalue weighted by atomic mass is 9.93. The zero-order valence-electron chi connectivity index (χ0n) is 29.8. The van der Waals surface area contributed by atoms with E-state index in [4.69, 9.17) is 14.5 Å². The summed E-state index contributed by atoms with van der Waals surface area (Å²) in [6.07, 6.45) is 11.3. The zero-order valence-corrected chi connectivity index (χ0v) is 29.8. The van der Waals surface area contributed by atoms with Crippen molar-refractivity contribution < 1.29 is 23.5 Å². The van der Waals surface area contributed by atoms with E-state index in [2.05, 4.69) is 39.0 Å². The largest absolute Gasteiger partial charge is 0.496 e. The number of aromatic nitrogens is 6. The molecule has 0 radical (unpaired) electrons. The minimum atomic E-state index is -0.489. The fourth-order valence-electron chi connectivity index (χ4n) is 6.91. The second kappa shape index (κ2) is 14.8. The molecule has 0 spiro atoms. The van der Waals surface area contributed by atoms with Crippen molar-refractivity contribution in [2.75, 3.05) is 58.4 Å². The molecule has 4 aromatic heterocycles. The maximum Gasteiger partial charge on any atom is 0.270 e. The summed E-state index contributed by atoms with van der Waals surface area (Å²) < 4.78 is 29.7. The molecular weight excluding hydrogens is 665 g/mol. The number of hydrogen-bond acceptors (Lipinski definition) is 9. The maximum atomic E-state index is 16.7. The summed E-state index contributed by atoms with van der Waals surface area (Å²) in [5.41, 5.74) is 3.93. The summed E-state index contributed by atoms with van der Waals surface area (Å²) in [4.78, 5) is 45.0. The molecule has 6 heterocycles. The molecule has 0 saturated carbocycles. The van der Waals surface area contributed by atoms with Gasteiger partial charge < -0.3 is 29.2 Å². The number of rotatable bonds is 10. The van der Waals surface area contributed by atoms with Gasteiger partial charge in [-0.05, 0) is 53.3 Å². The van der Waals surface area contributed by atoms with Gasteiger partial charge in [-0.25, -0.2) is 9.37 Å². The first kappa shape index (κ1) is 34.6. The third-order valence-electron chi connectivity index (χ3n) is 9.86. The van der Waals surface area contributed by atoms with Crippen molar-refractivity contribution in [3.63, 3.8) is 0 Å². The number of anilines is 1. The maximum absolute atomic E-state index is 16.7. The van der Waals surface area contributed by atoms with Crippen LogP contribution in [-0.2, 0) is 11.3 Å². The van der Waals surface area contributed by atoms with E-state index in [1.54, 1.807) is 71.7 Å². The van der Waals surface area contributed by atoms with E-state index in [-0.39, 0.29) is 36.0 Å². The van der Waals surface area contributed by atoms with E-state index < -0.39 is 5.82 Å². The molecule has 1 saturated heterocycles. The van der Waals surface area contributed by atoms with E-state index >= 15 is 4.39 Å². The summed E-state index contributed by atoms with van der Waals surface area (Å²) in [6, 6.07) is 7.26. The van der Waals surface area contributed by atoms with Crippen molar-refractivity contribution in [2.24, 2.45) is 0 Å². The Hall–Kier alpha value is -5.79. The molecule has 1 N–H and O–H groups in total. The van der Waals surface area contributed by atoms with Crippen LogP contribution in [0.3, 0.4) is 0 Å². The van der Waals surface area contributed by atoms with Crippen LogP contribution in [0.4, 0.5) is 10.2 Å². The average molecular weight is 708 g/mol. The fourth-order valence-corrected chi connectivity index (χ4v) is 6.91. The molecule has 14 heteroatoms. The number of H-pyrrole nitrogens is 1. The van der Waals surface area contributed by atoms with Gasteiger partial charge in [-0.15, -0.1) is 5.10 Å². The number of ether oxygens (including phenoxy) is 2. The third-order valence-corrected chi connectivity index (χ3v) is 9.86. The van der Waals surface area contributed by atoms with Gasteiger partial charge in [0.05, 0.1) is 32.5 Å². The predicted molar refractivity (Wildman–Crippen MR) is 195 cm³/mol. The molecule has 13 nitrogen and oxygen atoms in total. The minimum absolute atomic E-state index is 0.0496. The highest BCUT2D eigenvalue weighted by Gasteiger charge is 2.29. The van der Waals surface area contributed by atoms with Crippen molar-refractivity contribution in [3.8, 4) is 22.6 Å². The number of carbonyl (C=O) groups excluding carboxylic acids is 2. The molecule has 270 valence electrons. The first-order chi connectivity index (χ1) is 25.2. The Morgan fingerprint density at radius 1 is 0.942 bits per heavy atom. The van der Waals surface area contributed by atoms with Crippen molar-refractivity contribution in [1.29, 1.82) is 0 Å². The van der Waals surface area contributed by atoms with Crippen LogP contribution in [0.15, 0.2) is 61.3 Å². The SMILES string of the molecule is COc1ccncc1-c1cc(C2=CCCN(C(=O)CCn3ccnn3)C2)c(F)c2[nH]c(C(=O)N3CCN(c4ncc(C(C)C)cc4OC)CC3)cc12. The van der Waals surface area contributed by atoms with Gasteiger partial charge in [-0.2, -0.15) is 0 Å². The summed E-state index contributed by atoms with van der Waals surface area (Å²) in [7, 11) is 3.21. The van der Waals surface area contributed by atoms with Crippen molar-refractivity contribution in [3.05, 3.63) is 84.0 Å². The number of pyridine rings is 2. The van der Waals surface area contributed by atoms with Crippen LogP contribution in [-0.4, -0.2) is 105 Å². The topological polar surface area (TPSA) is 135 Å². The number of amides is 2. The van der Waals surface area contributed by atoms with Crippen molar-refractivity contribution in [1.82, 2.24) is 39.7 Å². The first-order valence-electron chi connectivity index (χ1n) is 17.5. The van der Waals surface area contributed by atoms with Gasteiger partial charge in [0.15, 0.2) is 17.4 Å². The summed E-state index contributed by atoms with van der Waals surface area (Å²) >= 11 is 0. The summed E-state index contributed by atoms with van der Waals surface area (Å²) in [6.45, 7) is 7.45. The molecule has 0 atom stereocenters. The average Bonchev–Trinajstić information content (AvgIpc) is 3.88. The van der Waals surface area contributed by atoms with E-state index in [0.717, 1.165) is 11.4 Å². The molecule has 1 fully saturated rings. The molecule has 0 bridgehead atoms. The Balaban J connectivity index is 1.17. The quantitative estimate of drug-likeness (QED) is 0.209. The van der Waals surface area contributed by atoms with Gasteiger partial charge in [0.2, 0.25) is 5.91 Å². The van der Waals surface area contributed by atoms with Gasteiger partial charge >= 0.3 is 0 Å². The Kier molecular flexibility index (Phi) is 9.88. The lowest BCUT2D eigenvalue weighted by Gasteiger charge is -2.35. The van der Waals surface area contributed by atoms with Crippen LogP contribution >= 0.6 is 0 Å². The monoisotopic (exact) mass is 707 g/mol. The number of nitrogens with one attached hydrogen (secondary N) is 1. The molecule has 0 unspecified atom stereocenters. The Morgan fingerprint density at radius 2 is 1.75 bits per heavy atom. The first-order valence-corrected chi connectivity index (χ1v) is 17.5. The van der Waals surface area contributed by atoms with Crippen LogP contribution in [0, 0.1) is 5.82 Å². The number of halogens is 1. The standard InChI is InChI=1S/C38H42FN9O4/c1-24(2)26-18-33(52-4)37(41-21-26)45-14-16-46(17-15-45)38(50)31-20-29-28(30-22-40-9-7-32(30)51-3)19-27(35(39)36(29)43-31)25-6-5-11-47(23-25)34(49)8-12-48-13-10-42-44-48/h6-7,9-10,13,18-22,24,43H,5,8,11-12,14-17,23H2,1-4H3. The normalized spacial score (nSPS) is 15.0. The molecule has 7 rings (SSSR count). The number of benzene rings is 1. The van der Waals surface area contributed by atoms with Crippen LogP contribution in [0.1, 0.15) is 54.2 Å². The van der Waals surface area contributed by atoms with Gasteiger partial charge in [0, 0.05) is 87.0 Å². The van der Waals surface area contributed by atoms with Gasteiger partial charge in [0.25, 0.3) is 5.91 Å². The Labute approximate surface area is 301 Å². The summed E-state index contributed by atoms with van der Waals surface area (Å²) in [5, 5.41) is 8.28. The number of methoxy groups -OCH3 is 2. The van der Waals surface area contributed by atoms with Crippen LogP contribution < -0.4 is 14.4 Å². The molecular formula is C38H42FN9O4. The van der Waals surface area contributed by atoms with Gasteiger partial charge in [-0.1, -0.05) is 25.1 Å². The van der Waals surface area contributed by atoms with E-state index in [1.165, 1.54) is 0 Å². The number of aromatic amines is 1. The molecule has 1 aromatic carbocycles. The number of carbonyl (C=O) groups is 2. The highest BCUT2D eigenvalue weighted by molar-refractivity contribution is 6.05. The second-order valence-corrected chi connectivity index (χ2v) is 13.3. The highest BCUT2D eigenvalue weighted by Crippen LogP contribution is 2.40. The van der Waals surface area contributed by atoms with Crippen molar-refractivity contribution >= 4 is 34.1 Å². The number of nitrogens with zero attached hydrogens (tertiary/aromatic N) is 8. The lowest BCUT2D eigenvalue weighted by Crippen LogP contribution is -2.49. The molecule has 2 amide bonds. The minimum Gasteiger partial charge on any atom is -0.496 e. The molecule has 2 aliphatic rings. The Bertz CT molecular complexity index is 2120. The van der Waals surface area contributed by atoms with Crippen LogP contribution in [0.2, 0.25) is 0 Å². The lowest BCUT2D eigenvalue weighted by molar-refractivity contribution is -0.131. The predicted octanol–water partition coefficient (Wildman–Crippen LogP) is 5.16.